The molecule has 3 atom stereocenters. The van der Waals surface area contributed by atoms with Gasteiger partial charge in [0.2, 0.25) is 0 Å². The van der Waals surface area contributed by atoms with Gasteiger partial charge in [0, 0.05) is 12.1 Å². The molecule has 0 heterocycles. The first-order valence-electron chi connectivity index (χ1n) is 7.39. The summed E-state index contributed by atoms with van der Waals surface area (Å²) in [6, 6.07) is 1.54. The molecule has 3 unspecified atom stereocenters. The average molecular weight is 225 g/mol. The van der Waals surface area contributed by atoms with Gasteiger partial charge >= 0.3 is 0 Å². The van der Waals surface area contributed by atoms with Gasteiger partial charge in [-0.15, -0.1) is 0 Å². The van der Waals surface area contributed by atoms with Crippen molar-refractivity contribution in [3.8, 4) is 0 Å². The van der Waals surface area contributed by atoms with E-state index in [0.29, 0.717) is 0 Å². The molecule has 0 radical (unpaired) electrons. The lowest BCUT2D eigenvalue weighted by atomic mass is 9.98. The van der Waals surface area contributed by atoms with Crippen molar-refractivity contribution in [2.45, 2.75) is 84.7 Å². The third-order valence-corrected chi connectivity index (χ3v) is 4.10. The molecule has 96 valence electrons. The van der Waals surface area contributed by atoms with Crippen LogP contribution in [0.15, 0.2) is 0 Å². The van der Waals surface area contributed by atoms with Crippen LogP contribution in [0, 0.1) is 11.8 Å². The molecule has 0 aromatic carbocycles. The van der Waals surface area contributed by atoms with Crippen LogP contribution < -0.4 is 5.32 Å². The van der Waals surface area contributed by atoms with Crippen LogP contribution >= 0.6 is 0 Å². The predicted molar refractivity (Wildman–Crippen MR) is 72.7 cm³/mol. The van der Waals surface area contributed by atoms with E-state index in [2.05, 4.69) is 33.0 Å². The van der Waals surface area contributed by atoms with Crippen LogP contribution in [0.5, 0.6) is 0 Å². The monoisotopic (exact) mass is 225 g/mol. The minimum absolute atomic E-state index is 0.718. The van der Waals surface area contributed by atoms with Gasteiger partial charge in [-0.1, -0.05) is 46.5 Å². The molecular formula is C15H31N. The fraction of sp³-hybridized carbons (Fsp3) is 1.00. The lowest BCUT2D eigenvalue weighted by Gasteiger charge is -2.24. The van der Waals surface area contributed by atoms with Gasteiger partial charge in [-0.25, -0.2) is 0 Å². The third kappa shape index (κ3) is 4.86. The van der Waals surface area contributed by atoms with Gasteiger partial charge in [0.25, 0.3) is 0 Å². The zero-order valence-electron chi connectivity index (χ0n) is 11.8. The highest BCUT2D eigenvalue weighted by Gasteiger charge is 2.26. The molecule has 0 amide bonds. The van der Waals surface area contributed by atoms with E-state index in [1.165, 1.54) is 44.9 Å². The molecule has 1 N–H and O–H groups in total. The Morgan fingerprint density at radius 3 is 2.50 bits per heavy atom. The number of hydrogen-bond acceptors (Lipinski definition) is 1. The third-order valence-electron chi connectivity index (χ3n) is 4.10. The lowest BCUT2D eigenvalue weighted by molar-refractivity contribution is 0.340. The molecule has 0 aromatic rings. The molecule has 1 fully saturated rings. The molecule has 16 heavy (non-hydrogen) atoms. The molecule has 0 aromatic heterocycles. The van der Waals surface area contributed by atoms with Gasteiger partial charge in [-0.2, -0.15) is 0 Å². The van der Waals surface area contributed by atoms with E-state index in [1.807, 2.05) is 0 Å². The highest BCUT2D eigenvalue weighted by Crippen LogP contribution is 2.28. The van der Waals surface area contributed by atoms with Crippen molar-refractivity contribution in [3.05, 3.63) is 0 Å². The van der Waals surface area contributed by atoms with Gasteiger partial charge in [0.1, 0.15) is 0 Å². The molecular weight excluding hydrogens is 194 g/mol. The quantitative estimate of drug-likeness (QED) is 0.678. The summed E-state index contributed by atoms with van der Waals surface area (Å²) in [5, 5.41) is 3.85. The normalized spacial score (nSPS) is 27.6. The van der Waals surface area contributed by atoms with Gasteiger partial charge in [-0.05, 0) is 38.0 Å². The Morgan fingerprint density at radius 1 is 1.12 bits per heavy atom. The molecule has 1 saturated carbocycles. The summed E-state index contributed by atoms with van der Waals surface area (Å²) in [4.78, 5) is 0. The fourth-order valence-corrected chi connectivity index (χ4v) is 3.03. The number of rotatable bonds is 7. The average Bonchev–Trinajstić information content (AvgIpc) is 2.64. The van der Waals surface area contributed by atoms with Gasteiger partial charge in [-0.3, -0.25) is 0 Å². The number of nitrogens with one attached hydrogen (secondary N) is 1. The van der Waals surface area contributed by atoms with Crippen LogP contribution in [0.4, 0.5) is 0 Å². The molecule has 1 heteroatoms. The Labute approximate surface area is 102 Å². The van der Waals surface area contributed by atoms with Crippen molar-refractivity contribution >= 4 is 0 Å². The van der Waals surface area contributed by atoms with Crippen LogP contribution in [0.3, 0.4) is 0 Å². The molecule has 0 saturated heterocycles. The summed E-state index contributed by atoms with van der Waals surface area (Å²) in [7, 11) is 0. The van der Waals surface area contributed by atoms with Gasteiger partial charge < -0.3 is 5.32 Å². The summed E-state index contributed by atoms with van der Waals surface area (Å²) in [5.41, 5.74) is 0. The molecule has 0 aliphatic heterocycles. The van der Waals surface area contributed by atoms with Crippen molar-refractivity contribution < 1.29 is 0 Å². The van der Waals surface area contributed by atoms with E-state index in [4.69, 9.17) is 0 Å². The van der Waals surface area contributed by atoms with E-state index in [1.54, 1.807) is 0 Å². The zero-order chi connectivity index (χ0) is 12.0. The summed E-state index contributed by atoms with van der Waals surface area (Å²) >= 11 is 0. The Balaban J connectivity index is 2.15. The lowest BCUT2D eigenvalue weighted by Crippen LogP contribution is -2.38. The molecule has 1 nitrogen and oxygen atoms in total. The molecule has 0 spiro atoms. The second kappa shape index (κ2) is 7.32. The van der Waals surface area contributed by atoms with Gasteiger partial charge in [0.15, 0.2) is 0 Å². The number of hydrogen-bond donors (Lipinski definition) is 1. The largest absolute Gasteiger partial charge is 0.311 e. The minimum Gasteiger partial charge on any atom is -0.311 e. The van der Waals surface area contributed by atoms with E-state index in [9.17, 15) is 0 Å². The van der Waals surface area contributed by atoms with E-state index in [0.717, 1.165) is 23.9 Å². The molecule has 1 aliphatic carbocycles. The molecule has 1 aliphatic rings. The molecule has 0 bridgehead atoms. The van der Waals surface area contributed by atoms with Crippen LogP contribution in [0.25, 0.3) is 0 Å². The Kier molecular flexibility index (Phi) is 6.41. The predicted octanol–water partition coefficient (Wildman–Crippen LogP) is 4.37. The van der Waals surface area contributed by atoms with Crippen molar-refractivity contribution in [3.63, 3.8) is 0 Å². The topological polar surface area (TPSA) is 12.0 Å². The first kappa shape index (κ1) is 14.0. The second-order valence-corrected chi connectivity index (χ2v) is 6.10. The van der Waals surface area contributed by atoms with Crippen molar-refractivity contribution in [1.29, 1.82) is 0 Å². The van der Waals surface area contributed by atoms with Crippen molar-refractivity contribution in [2.75, 3.05) is 0 Å². The maximum atomic E-state index is 3.85. The first-order valence-corrected chi connectivity index (χ1v) is 7.39. The summed E-state index contributed by atoms with van der Waals surface area (Å²) < 4.78 is 0. The van der Waals surface area contributed by atoms with Crippen molar-refractivity contribution in [1.82, 2.24) is 5.32 Å². The van der Waals surface area contributed by atoms with E-state index >= 15 is 0 Å². The summed E-state index contributed by atoms with van der Waals surface area (Å²) in [6.07, 6.45) is 9.78. The highest BCUT2D eigenvalue weighted by molar-refractivity contribution is 4.84. The Morgan fingerprint density at radius 2 is 1.88 bits per heavy atom. The Hall–Kier alpha value is -0.0400. The van der Waals surface area contributed by atoms with Gasteiger partial charge in [0.05, 0.1) is 0 Å². The minimum atomic E-state index is 0.718. The van der Waals surface area contributed by atoms with E-state index in [-0.39, 0.29) is 0 Å². The maximum absolute atomic E-state index is 3.85. The zero-order valence-corrected chi connectivity index (χ0v) is 11.8. The fourth-order valence-electron chi connectivity index (χ4n) is 3.03. The van der Waals surface area contributed by atoms with E-state index < -0.39 is 0 Å². The van der Waals surface area contributed by atoms with Crippen LogP contribution in [-0.2, 0) is 0 Å². The summed E-state index contributed by atoms with van der Waals surface area (Å²) in [5.74, 6) is 1.81. The molecule has 1 rings (SSSR count). The first-order chi connectivity index (χ1) is 7.63. The second-order valence-electron chi connectivity index (χ2n) is 6.10. The standard InChI is InChI=1S/C15H31N/c1-5-14-10-7-11-15(14)16-13(4)9-6-8-12(2)3/h12-16H,5-11H2,1-4H3. The maximum Gasteiger partial charge on any atom is 0.00977 e. The summed E-state index contributed by atoms with van der Waals surface area (Å²) in [6.45, 7) is 9.35. The smallest absolute Gasteiger partial charge is 0.00977 e. The van der Waals surface area contributed by atoms with Crippen LogP contribution in [-0.4, -0.2) is 12.1 Å². The van der Waals surface area contributed by atoms with Crippen LogP contribution in [0.1, 0.15) is 72.6 Å². The SMILES string of the molecule is CCC1CCCC1NC(C)CCCC(C)C. The Bertz CT molecular complexity index is 176. The van der Waals surface area contributed by atoms with Crippen molar-refractivity contribution in [2.24, 2.45) is 11.8 Å². The highest BCUT2D eigenvalue weighted by atomic mass is 15.0. The van der Waals surface area contributed by atoms with Crippen LogP contribution in [0.2, 0.25) is 0 Å².